The van der Waals surface area contributed by atoms with Crippen molar-refractivity contribution in [2.45, 2.75) is 18.9 Å². The van der Waals surface area contributed by atoms with E-state index in [1.54, 1.807) is 0 Å². The molecule has 11 heavy (non-hydrogen) atoms. The van der Waals surface area contributed by atoms with Crippen LogP contribution in [0.3, 0.4) is 0 Å². The fourth-order valence-electron chi connectivity index (χ4n) is 0.960. The third-order valence-corrected chi connectivity index (χ3v) is 1.38. The Hall–Kier alpha value is -0.290. The van der Waals surface area contributed by atoms with Crippen LogP contribution in [0.1, 0.15) is 6.42 Å². The largest absolute Gasteiger partial charge is 0.522 e. The average Bonchev–Trinajstić information content (AvgIpc) is 1.85. The summed E-state index contributed by atoms with van der Waals surface area (Å²) < 4.78 is 38.5. The van der Waals surface area contributed by atoms with E-state index in [9.17, 15) is 13.2 Å². The van der Waals surface area contributed by atoms with Crippen LogP contribution >= 0.6 is 0 Å². The van der Waals surface area contributed by atoms with Gasteiger partial charge in [-0.15, -0.1) is 13.2 Å². The predicted molar refractivity (Wildman–Crippen MR) is 32.7 cm³/mol. The van der Waals surface area contributed by atoms with Crippen molar-refractivity contribution in [2.24, 2.45) is 0 Å². The molecular weight excluding hydrogens is 159 g/mol. The Morgan fingerprint density at radius 2 is 2.18 bits per heavy atom. The third kappa shape index (κ3) is 3.57. The molecule has 1 radical (unpaired) electrons. The number of rotatable bonds is 1. The van der Waals surface area contributed by atoms with Crippen LogP contribution in [-0.2, 0) is 4.74 Å². The van der Waals surface area contributed by atoms with Gasteiger partial charge in [0, 0.05) is 6.54 Å². The first-order valence-corrected chi connectivity index (χ1v) is 3.36. The molecule has 5 heteroatoms. The van der Waals surface area contributed by atoms with Crippen LogP contribution in [0.4, 0.5) is 13.2 Å². The van der Waals surface area contributed by atoms with Crippen LogP contribution in [-0.4, -0.2) is 25.6 Å². The van der Waals surface area contributed by atoms with Crippen molar-refractivity contribution in [1.82, 2.24) is 5.32 Å². The zero-order chi connectivity index (χ0) is 8.32. The van der Waals surface area contributed by atoms with Gasteiger partial charge >= 0.3 is 6.36 Å². The van der Waals surface area contributed by atoms with Gasteiger partial charge in [0.25, 0.3) is 0 Å². The predicted octanol–water partition coefficient (Wildman–Crippen LogP) is 1.09. The van der Waals surface area contributed by atoms with E-state index < -0.39 is 12.5 Å². The smallest absolute Gasteiger partial charge is 0.314 e. The van der Waals surface area contributed by atoms with Gasteiger partial charge in [-0.1, -0.05) is 0 Å². The summed E-state index contributed by atoms with van der Waals surface area (Å²) in [5, 5.41) is 2.80. The molecule has 0 aromatic carbocycles. The molecule has 0 aromatic rings. The number of hydrogen-bond acceptors (Lipinski definition) is 2. The Morgan fingerprint density at radius 3 is 2.64 bits per heavy atom. The first-order chi connectivity index (χ1) is 5.08. The number of alkyl halides is 3. The Morgan fingerprint density at radius 1 is 1.45 bits per heavy atom. The van der Waals surface area contributed by atoms with Crippen molar-refractivity contribution in [1.29, 1.82) is 0 Å². The van der Waals surface area contributed by atoms with Crippen molar-refractivity contribution in [3.8, 4) is 0 Å². The molecule has 1 heterocycles. The van der Waals surface area contributed by atoms with Crippen LogP contribution < -0.4 is 5.32 Å². The number of hydrogen-bond donors (Lipinski definition) is 1. The maximum absolute atomic E-state index is 11.6. The van der Waals surface area contributed by atoms with Gasteiger partial charge in [-0.2, -0.15) is 0 Å². The summed E-state index contributed by atoms with van der Waals surface area (Å²) in [5.74, 6) is 0. The third-order valence-electron chi connectivity index (χ3n) is 1.38. The molecule has 0 aromatic heterocycles. The van der Waals surface area contributed by atoms with Crippen molar-refractivity contribution < 1.29 is 17.9 Å². The maximum atomic E-state index is 11.6. The van der Waals surface area contributed by atoms with Gasteiger partial charge < -0.3 is 5.32 Å². The quantitative estimate of drug-likeness (QED) is 0.632. The van der Waals surface area contributed by atoms with Crippen LogP contribution in [0.25, 0.3) is 0 Å². The molecule has 65 valence electrons. The highest BCUT2D eigenvalue weighted by Crippen LogP contribution is 2.20. The van der Waals surface area contributed by atoms with Gasteiger partial charge in [0.15, 0.2) is 0 Å². The van der Waals surface area contributed by atoms with E-state index in [1.807, 2.05) is 0 Å². The fourth-order valence-corrected chi connectivity index (χ4v) is 0.960. The SMILES string of the molecule is FC(F)(F)OC1[CH]CCNC1. The zero-order valence-corrected chi connectivity index (χ0v) is 5.82. The van der Waals surface area contributed by atoms with Crippen LogP contribution in [0.2, 0.25) is 0 Å². The number of piperidine rings is 1. The second-order valence-corrected chi connectivity index (χ2v) is 2.33. The number of nitrogens with one attached hydrogen (secondary N) is 1. The summed E-state index contributed by atoms with van der Waals surface area (Å²) in [5.41, 5.74) is 0. The Bertz CT molecular complexity index is 119. The first-order valence-electron chi connectivity index (χ1n) is 3.36. The molecule has 1 unspecified atom stereocenters. The highest BCUT2D eigenvalue weighted by atomic mass is 19.4. The first kappa shape index (κ1) is 8.80. The lowest BCUT2D eigenvalue weighted by Gasteiger charge is -2.23. The van der Waals surface area contributed by atoms with Gasteiger partial charge in [-0.05, 0) is 19.4 Å². The Balaban J connectivity index is 2.24. The summed E-state index contributed by atoms with van der Waals surface area (Å²) in [7, 11) is 0. The van der Waals surface area contributed by atoms with Crippen LogP contribution in [0.5, 0.6) is 0 Å². The molecule has 1 atom stereocenters. The van der Waals surface area contributed by atoms with E-state index >= 15 is 0 Å². The summed E-state index contributed by atoms with van der Waals surface area (Å²) in [6.07, 6.45) is -3.17. The molecule has 1 N–H and O–H groups in total. The lowest BCUT2D eigenvalue weighted by Crippen LogP contribution is -2.38. The van der Waals surface area contributed by atoms with E-state index in [1.165, 1.54) is 6.42 Å². The maximum Gasteiger partial charge on any atom is 0.522 e. The fraction of sp³-hybridized carbons (Fsp3) is 0.833. The van der Waals surface area contributed by atoms with Gasteiger partial charge in [0.05, 0.1) is 6.10 Å². The Kier molecular flexibility index (Phi) is 2.72. The second-order valence-electron chi connectivity index (χ2n) is 2.33. The van der Waals surface area contributed by atoms with E-state index in [-0.39, 0.29) is 6.54 Å². The highest BCUT2D eigenvalue weighted by Gasteiger charge is 2.33. The Labute approximate surface area is 62.7 Å². The van der Waals surface area contributed by atoms with Gasteiger partial charge in [0.2, 0.25) is 0 Å². The number of halogens is 3. The van der Waals surface area contributed by atoms with E-state index in [0.29, 0.717) is 6.42 Å². The molecule has 0 amide bonds. The van der Waals surface area contributed by atoms with Crippen LogP contribution in [0, 0.1) is 6.42 Å². The van der Waals surface area contributed by atoms with Crippen LogP contribution in [0.15, 0.2) is 0 Å². The summed E-state index contributed by atoms with van der Waals surface area (Å²) in [6, 6.07) is 0. The molecule has 0 bridgehead atoms. The van der Waals surface area contributed by atoms with Gasteiger partial charge in [-0.25, -0.2) is 0 Å². The van der Waals surface area contributed by atoms with Gasteiger partial charge in [0.1, 0.15) is 0 Å². The highest BCUT2D eigenvalue weighted by molar-refractivity contribution is 4.84. The van der Waals surface area contributed by atoms with Crippen molar-refractivity contribution in [3.05, 3.63) is 6.42 Å². The lowest BCUT2D eigenvalue weighted by atomic mass is 10.1. The minimum absolute atomic E-state index is 0.250. The molecule has 1 fully saturated rings. The molecular formula is C6H9F3NO. The minimum atomic E-state index is -4.51. The molecule has 2 nitrogen and oxygen atoms in total. The van der Waals surface area contributed by atoms with E-state index in [2.05, 4.69) is 10.1 Å². The number of ether oxygens (including phenoxy) is 1. The van der Waals surface area contributed by atoms with E-state index in [4.69, 9.17) is 0 Å². The normalized spacial score (nSPS) is 27.0. The van der Waals surface area contributed by atoms with E-state index in [0.717, 1.165) is 6.54 Å². The summed E-state index contributed by atoms with van der Waals surface area (Å²) in [4.78, 5) is 0. The molecule has 1 aliphatic rings. The molecule has 0 spiro atoms. The molecule has 0 aliphatic carbocycles. The topological polar surface area (TPSA) is 21.3 Å². The van der Waals surface area contributed by atoms with Crippen molar-refractivity contribution in [2.75, 3.05) is 13.1 Å². The van der Waals surface area contributed by atoms with Crippen molar-refractivity contribution in [3.63, 3.8) is 0 Å². The van der Waals surface area contributed by atoms with Crippen molar-refractivity contribution >= 4 is 0 Å². The minimum Gasteiger partial charge on any atom is -0.314 e. The van der Waals surface area contributed by atoms with Gasteiger partial charge in [-0.3, -0.25) is 4.74 Å². The zero-order valence-electron chi connectivity index (χ0n) is 5.82. The summed E-state index contributed by atoms with van der Waals surface area (Å²) >= 11 is 0. The second kappa shape index (κ2) is 3.40. The molecule has 1 aliphatic heterocycles. The monoisotopic (exact) mass is 168 g/mol. The lowest BCUT2D eigenvalue weighted by molar-refractivity contribution is -0.338. The summed E-state index contributed by atoms with van der Waals surface area (Å²) in [6.45, 7) is 0.983. The molecule has 0 saturated carbocycles. The molecule has 1 saturated heterocycles. The molecule has 1 rings (SSSR count). The average molecular weight is 168 g/mol. The standard InChI is InChI=1S/C6H9F3NO/c7-6(8,9)11-5-2-1-3-10-4-5/h2,5,10H,1,3-4H2.